The van der Waals surface area contributed by atoms with E-state index in [1.807, 2.05) is 0 Å². The minimum atomic E-state index is -0.423. The molecule has 0 bridgehead atoms. The van der Waals surface area contributed by atoms with Gasteiger partial charge in [-0.1, -0.05) is 11.6 Å². The van der Waals surface area contributed by atoms with E-state index in [4.69, 9.17) is 16.0 Å². The minimum absolute atomic E-state index is 0.191. The largest absolute Gasteiger partial charge is 0.441 e. The van der Waals surface area contributed by atoms with Crippen LogP contribution in [0.25, 0.3) is 11.5 Å². The van der Waals surface area contributed by atoms with E-state index in [1.165, 1.54) is 6.33 Å². The predicted molar refractivity (Wildman–Crippen MR) is 76.0 cm³/mol. The van der Waals surface area contributed by atoms with E-state index in [0.29, 0.717) is 16.7 Å². The number of halogens is 1. The maximum absolute atomic E-state index is 12.1. The molecular formula is C13H10ClN5O2. The van der Waals surface area contributed by atoms with Gasteiger partial charge in [0.25, 0.3) is 5.91 Å². The first-order valence-electron chi connectivity index (χ1n) is 6.03. The number of hydrogen-bond acceptors (Lipinski definition) is 5. The topological polar surface area (TPSA) is 96.7 Å². The molecule has 8 heteroatoms. The summed E-state index contributed by atoms with van der Waals surface area (Å²) in [5, 5.41) is 9.34. The highest BCUT2D eigenvalue weighted by Crippen LogP contribution is 2.23. The first-order valence-corrected chi connectivity index (χ1v) is 6.41. The van der Waals surface area contributed by atoms with Crippen molar-refractivity contribution >= 4 is 23.5 Å². The van der Waals surface area contributed by atoms with Gasteiger partial charge in [-0.25, -0.2) is 10.1 Å². The second kappa shape index (κ2) is 5.37. The Hall–Kier alpha value is -2.67. The Balaban J connectivity index is 1.87. The van der Waals surface area contributed by atoms with Gasteiger partial charge in [-0.15, -0.1) is 0 Å². The van der Waals surface area contributed by atoms with Crippen molar-refractivity contribution in [3.8, 4) is 11.5 Å². The van der Waals surface area contributed by atoms with Gasteiger partial charge >= 0.3 is 0 Å². The smallest absolute Gasteiger partial charge is 0.280 e. The summed E-state index contributed by atoms with van der Waals surface area (Å²) in [6.45, 7) is 1.67. The molecule has 21 heavy (non-hydrogen) atoms. The summed E-state index contributed by atoms with van der Waals surface area (Å²) < 4.78 is 5.52. The molecule has 2 N–H and O–H groups in total. The van der Waals surface area contributed by atoms with E-state index in [9.17, 15) is 4.79 Å². The molecular weight excluding hydrogens is 294 g/mol. The van der Waals surface area contributed by atoms with E-state index >= 15 is 0 Å². The first-order chi connectivity index (χ1) is 10.1. The number of anilines is 1. The van der Waals surface area contributed by atoms with Gasteiger partial charge in [0.1, 0.15) is 12.1 Å². The summed E-state index contributed by atoms with van der Waals surface area (Å²) in [7, 11) is 0. The molecule has 1 amide bonds. The number of aryl methyl sites for hydroxylation is 1. The molecule has 0 aliphatic rings. The van der Waals surface area contributed by atoms with Crippen LogP contribution in [0.2, 0.25) is 5.02 Å². The third kappa shape index (κ3) is 2.77. The van der Waals surface area contributed by atoms with Crippen molar-refractivity contribution in [2.24, 2.45) is 0 Å². The summed E-state index contributed by atoms with van der Waals surface area (Å²) in [5.74, 6) is 0.590. The normalized spacial score (nSPS) is 10.6. The third-order valence-electron chi connectivity index (χ3n) is 2.75. The first kappa shape index (κ1) is 13.3. The highest BCUT2D eigenvalue weighted by atomic mass is 35.5. The summed E-state index contributed by atoms with van der Waals surface area (Å²) in [6.07, 6.45) is 1.30. The molecule has 3 aromatic rings. The number of nitrogens with zero attached hydrogens (tertiary/aromatic N) is 3. The second-order valence-corrected chi connectivity index (χ2v) is 4.66. The zero-order valence-corrected chi connectivity index (χ0v) is 11.7. The highest BCUT2D eigenvalue weighted by Gasteiger charge is 2.18. The quantitative estimate of drug-likeness (QED) is 0.775. The molecule has 0 spiro atoms. The predicted octanol–water partition coefficient (Wildman–Crippen LogP) is 2.67. The average Bonchev–Trinajstić information content (AvgIpc) is 3.09. The van der Waals surface area contributed by atoms with E-state index in [0.717, 1.165) is 5.56 Å². The molecule has 1 aromatic carbocycles. The van der Waals surface area contributed by atoms with Gasteiger partial charge in [-0.2, -0.15) is 10.1 Å². The number of aromatic nitrogens is 4. The number of oxazole rings is 1. The SMILES string of the molecule is Cc1oc(-c2ccc(Cl)cc2)nc1C(=O)Nc1ncn[nH]1. The van der Waals surface area contributed by atoms with Crippen LogP contribution in [0.3, 0.4) is 0 Å². The van der Waals surface area contributed by atoms with Crippen molar-refractivity contribution in [1.29, 1.82) is 0 Å². The Bertz CT molecular complexity index is 764. The Morgan fingerprint density at radius 3 is 2.76 bits per heavy atom. The summed E-state index contributed by atoms with van der Waals surface area (Å²) in [6, 6.07) is 6.99. The summed E-state index contributed by atoms with van der Waals surface area (Å²) in [5.41, 5.74) is 0.928. The van der Waals surface area contributed by atoms with Crippen LogP contribution in [0.4, 0.5) is 5.95 Å². The number of carbonyl (C=O) groups is 1. The van der Waals surface area contributed by atoms with Gasteiger partial charge in [0.05, 0.1) is 0 Å². The molecule has 2 aromatic heterocycles. The van der Waals surface area contributed by atoms with Crippen molar-refractivity contribution < 1.29 is 9.21 Å². The number of rotatable bonds is 3. The van der Waals surface area contributed by atoms with Gasteiger partial charge in [0, 0.05) is 10.6 Å². The molecule has 0 saturated heterocycles. The molecule has 106 valence electrons. The van der Waals surface area contributed by atoms with E-state index in [-0.39, 0.29) is 11.6 Å². The Labute approximate surface area is 124 Å². The van der Waals surface area contributed by atoms with Crippen LogP contribution in [0.5, 0.6) is 0 Å². The average molecular weight is 304 g/mol. The molecule has 0 unspecified atom stereocenters. The maximum atomic E-state index is 12.1. The highest BCUT2D eigenvalue weighted by molar-refractivity contribution is 6.30. The number of benzene rings is 1. The van der Waals surface area contributed by atoms with E-state index < -0.39 is 5.91 Å². The third-order valence-corrected chi connectivity index (χ3v) is 3.00. The van der Waals surface area contributed by atoms with Gasteiger partial charge in [-0.3, -0.25) is 10.1 Å². The fraction of sp³-hybridized carbons (Fsp3) is 0.0769. The standard InChI is InChI=1S/C13H10ClN5O2/c1-7-10(11(20)18-13-15-6-16-19-13)17-12(21-7)8-2-4-9(14)5-3-8/h2-6H,1H3,(H2,15,16,18,19,20). The fourth-order valence-corrected chi connectivity index (χ4v) is 1.88. The van der Waals surface area contributed by atoms with Gasteiger partial charge in [0.15, 0.2) is 5.69 Å². The Morgan fingerprint density at radius 2 is 2.10 bits per heavy atom. The molecule has 3 rings (SSSR count). The molecule has 0 radical (unpaired) electrons. The van der Waals surface area contributed by atoms with Crippen LogP contribution in [-0.2, 0) is 0 Å². The van der Waals surface area contributed by atoms with Crippen LogP contribution in [0.15, 0.2) is 35.0 Å². The van der Waals surface area contributed by atoms with Crippen molar-refractivity contribution in [2.45, 2.75) is 6.92 Å². The minimum Gasteiger partial charge on any atom is -0.441 e. The van der Waals surface area contributed by atoms with Crippen molar-refractivity contribution in [3.63, 3.8) is 0 Å². The van der Waals surface area contributed by atoms with Gasteiger partial charge in [-0.05, 0) is 31.2 Å². The molecule has 0 fully saturated rings. The Kier molecular flexibility index (Phi) is 3.41. The fourth-order valence-electron chi connectivity index (χ4n) is 1.76. The Morgan fingerprint density at radius 1 is 1.33 bits per heavy atom. The van der Waals surface area contributed by atoms with Crippen LogP contribution >= 0.6 is 11.6 Å². The number of amides is 1. The van der Waals surface area contributed by atoms with E-state index in [1.54, 1.807) is 31.2 Å². The number of carbonyl (C=O) groups excluding carboxylic acids is 1. The monoisotopic (exact) mass is 303 g/mol. The number of hydrogen-bond donors (Lipinski definition) is 2. The lowest BCUT2D eigenvalue weighted by Crippen LogP contribution is -2.14. The molecule has 0 saturated carbocycles. The van der Waals surface area contributed by atoms with Crippen molar-refractivity contribution in [3.05, 3.63) is 47.1 Å². The lowest BCUT2D eigenvalue weighted by Gasteiger charge is -1.97. The molecule has 7 nitrogen and oxygen atoms in total. The van der Waals surface area contributed by atoms with Crippen LogP contribution < -0.4 is 5.32 Å². The molecule has 2 heterocycles. The van der Waals surface area contributed by atoms with Gasteiger partial charge in [0.2, 0.25) is 11.8 Å². The number of aromatic amines is 1. The zero-order chi connectivity index (χ0) is 14.8. The summed E-state index contributed by atoms with van der Waals surface area (Å²) in [4.78, 5) is 20.1. The maximum Gasteiger partial charge on any atom is 0.280 e. The lowest BCUT2D eigenvalue weighted by atomic mass is 10.2. The summed E-state index contributed by atoms with van der Waals surface area (Å²) >= 11 is 5.83. The van der Waals surface area contributed by atoms with Crippen LogP contribution in [0.1, 0.15) is 16.2 Å². The molecule has 0 aliphatic carbocycles. The molecule has 0 atom stereocenters. The lowest BCUT2D eigenvalue weighted by molar-refractivity contribution is 0.102. The molecule has 0 aliphatic heterocycles. The number of H-pyrrole nitrogens is 1. The van der Waals surface area contributed by atoms with Crippen LogP contribution in [0, 0.1) is 6.92 Å². The van der Waals surface area contributed by atoms with E-state index in [2.05, 4.69) is 25.5 Å². The van der Waals surface area contributed by atoms with Crippen LogP contribution in [-0.4, -0.2) is 26.1 Å². The number of nitrogens with one attached hydrogen (secondary N) is 2. The van der Waals surface area contributed by atoms with Crippen molar-refractivity contribution in [1.82, 2.24) is 20.2 Å². The zero-order valence-electron chi connectivity index (χ0n) is 10.9. The van der Waals surface area contributed by atoms with Gasteiger partial charge < -0.3 is 4.42 Å². The second-order valence-electron chi connectivity index (χ2n) is 4.22. The van der Waals surface area contributed by atoms with Crippen molar-refractivity contribution in [2.75, 3.05) is 5.32 Å².